The SMILES string of the molecule is CC1(C)Cc2cccc(OCCNC(=O)[C@@H]3CNC(=O)N3)c2O1. The number of fused-ring (bicyclic) bond motifs is 1. The Morgan fingerprint density at radius 2 is 2.30 bits per heavy atom. The van der Waals surface area contributed by atoms with Crippen LogP contribution in [0.25, 0.3) is 0 Å². The maximum Gasteiger partial charge on any atom is 0.315 e. The predicted molar refractivity (Wildman–Crippen MR) is 83.7 cm³/mol. The number of urea groups is 1. The highest BCUT2D eigenvalue weighted by Gasteiger charge is 2.32. The van der Waals surface area contributed by atoms with Gasteiger partial charge in [-0.1, -0.05) is 12.1 Å². The molecule has 1 fully saturated rings. The van der Waals surface area contributed by atoms with Crippen LogP contribution >= 0.6 is 0 Å². The molecule has 124 valence electrons. The van der Waals surface area contributed by atoms with Crippen LogP contribution in [0.15, 0.2) is 18.2 Å². The summed E-state index contributed by atoms with van der Waals surface area (Å²) in [5.74, 6) is 1.26. The van der Waals surface area contributed by atoms with Gasteiger partial charge in [-0.2, -0.15) is 0 Å². The van der Waals surface area contributed by atoms with Gasteiger partial charge in [-0.3, -0.25) is 4.79 Å². The van der Waals surface area contributed by atoms with Gasteiger partial charge in [-0.05, 0) is 19.9 Å². The Labute approximate surface area is 134 Å². The van der Waals surface area contributed by atoms with Gasteiger partial charge in [-0.25, -0.2) is 4.79 Å². The van der Waals surface area contributed by atoms with E-state index in [2.05, 4.69) is 16.0 Å². The first-order valence-corrected chi connectivity index (χ1v) is 7.70. The highest BCUT2D eigenvalue weighted by Crippen LogP contribution is 2.41. The number of carbonyl (C=O) groups excluding carboxylic acids is 2. The number of hydrogen-bond donors (Lipinski definition) is 3. The summed E-state index contributed by atoms with van der Waals surface area (Å²) in [6, 6.07) is 5.00. The summed E-state index contributed by atoms with van der Waals surface area (Å²) >= 11 is 0. The number of para-hydroxylation sites is 1. The molecule has 3 rings (SSSR count). The number of ether oxygens (including phenoxy) is 2. The molecular formula is C16H21N3O4. The summed E-state index contributed by atoms with van der Waals surface area (Å²) in [5, 5.41) is 7.82. The van der Waals surface area contributed by atoms with Gasteiger partial charge in [0.15, 0.2) is 11.5 Å². The van der Waals surface area contributed by atoms with E-state index in [4.69, 9.17) is 9.47 Å². The summed E-state index contributed by atoms with van der Waals surface area (Å²) in [6.07, 6.45) is 0.852. The van der Waals surface area contributed by atoms with Crippen molar-refractivity contribution in [1.29, 1.82) is 0 Å². The molecule has 3 N–H and O–H groups in total. The average molecular weight is 319 g/mol. The van der Waals surface area contributed by atoms with Crippen molar-refractivity contribution in [2.24, 2.45) is 0 Å². The molecule has 0 unspecified atom stereocenters. The first kappa shape index (κ1) is 15.5. The number of nitrogens with one attached hydrogen (secondary N) is 3. The van der Waals surface area contributed by atoms with Gasteiger partial charge in [0.1, 0.15) is 18.2 Å². The van der Waals surface area contributed by atoms with Crippen molar-refractivity contribution in [2.75, 3.05) is 19.7 Å². The minimum absolute atomic E-state index is 0.219. The van der Waals surface area contributed by atoms with Crippen LogP contribution in [0.5, 0.6) is 11.5 Å². The Bertz CT molecular complexity index is 630. The normalized spacial score (nSPS) is 21.0. The van der Waals surface area contributed by atoms with Gasteiger partial charge >= 0.3 is 6.03 Å². The Morgan fingerprint density at radius 1 is 1.48 bits per heavy atom. The van der Waals surface area contributed by atoms with Gasteiger partial charge in [0, 0.05) is 18.5 Å². The fraction of sp³-hybridized carbons (Fsp3) is 0.500. The molecule has 3 amide bonds. The minimum Gasteiger partial charge on any atom is -0.488 e. The Hall–Kier alpha value is -2.44. The molecule has 2 aliphatic heterocycles. The van der Waals surface area contributed by atoms with Crippen molar-refractivity contribution < 1.29 is 19.1 Å². The lowest BCUT2D eigenvalue weighted by molar-refractivity contribution is -0.122. The van der Waals surface area contributed by atoms with Gasteiger partial charge in [0.05, 0.1) is 6.54 Å². The summed E-state index contributed by atoms with van der Waals surface area (Å²) in [4.78, 5) is 22.8. The fourth-order valence-electron chi connectivity index (χ4n) is 2.77. The van der Waals surface area contributed by atoms with Crippen LogP contribution in [0, 0.1) is 0 Å². The molecule has 7 nitrogen and oxygen atoms in total. The maximum atomic E-state index is 11.8. The summed E-state index contributed by atoms with van der Waals surface area (Å²) in [5.41, 5.74) is 0.917. The van der Waals surface area contributed by atoms with E-state index in [0.29, 0.717) is 25.4 Å². The zero-order valence-electron chi connectivity index (χ0n) is 13.3. The van der Waals surface area contributed by atoms with Crippen LogP contribution in [0.2, 0.25) is 0 Å². The maximum absolute atomic E-state index is 11.8. The van der Waals surface area contributed by atoms with Crippen molar-refractivity contribution in [3.8, 4) is 11.5 Å². The zero-order valence-corrected chi connectivity index (χ0v) is 13.3. The van der Waals surface area contributed by atoms with Gasteiger partial charge in [0.2, 0.25) is 5.91 Å². The number of rotatable bonds is 5. The molecule has 0 aromatic heterocycles. The summed E-state index contributed by atoms with van der Waals surface area (Å²) < 4.78 is 11.7. The monoisotopic (exact) mass is 319 g/mol. The first-order chi connectivity index (χ1) is 10.9. The van der Waals surface area contributed by atoms with Crippen LogP contribution in [0.1, 0.15) is 19.4 Å². The molecule has 0 spiro atoms. The highest BCUT2D eigenvalue weighted by molar-refractivity contribution is 5.90. The zero-order chi connectivity index (χ0) is 16.4. The summed E-state index contributed by atoms with van der Waals surface area (Å²) in [7, 11) is 0. The van der Waals surface area contributed by atoms with Crippen molar-refractivity contribution >= 4 is 11.9 Å². The van der Waals surface area contributed by atoms with E-state index in [1.165, 1.54) is 0 Å². The minimum atomic E-state index is -0.521. The lowest BCUT2D eigenvalue weighted by Gasteiger charge is -2.18. The molecule has 2 aliphatic rings. The fourth-order valence-corrected chi connectivity index (χ4v) is 2.77. The molecule has 0 saturated carbocycles. The molecule has 7 heteroatoms. The lowest BCUT2D eigenvalue weighted by atomic mass is 10.0. The van der Waals surface area contributed by atoms with Gasteiger partial charge in [-0.15, -0.1) is 0 Å². The third-order valence-corrected chi connectivity index (χ3v) is 3.80. The van der Waals surface area contributed by atoms with Crippen LogP contribution in [-0.4, -0.2) is 43.3 Å². The highest BCUT2D eigenvalue weighted by atomic mass is 16.5. The smallest absolute Gasteiger partial charge is 0.315 e. The molecule has 2 heterocycles. The molecule has 1 aromatic carbocycles. The lowest BCUT2D eigenvalue weighted by Crippen LogP contribution is -2.44. The van der Waals surface area contributed by atoms with Crippen LogP contribution in [0.3, 0.4) is 0 Å². The van der Waals surface area contributed by atoms with Crippen molar-refractivity contribution in [3.05, 3.63) is 23.8 Å². The van der Waals surface area contributed by atoms with E-state index in [1.807, 2.05) is 32.0 Å². The van der Waals surface area contributed by atoms with Crippen molar-refractivity contribution in [1.82, 2.24) is 16.0 Å². The summed E-state index contributed by atoms with van der Waals surface area (Å²) in [6.45, 7) is 5.08. The third kappa shape index (κ3) is 3.49. The van der Waals surface area contributed by atoms with Gasteiger partial charge < -0.3 is 25.4 Å². The Balaban J connectivity index is 1.48. The second kappa shape index (κ2) is 5.98. The van der Waals surface area contributed by atoms with E-state index >= 15 is 0 Å². The number of carbonyl (C=O) groups is 2. The number of amides is 3. The second-order valence-electron chi connectivity index (χ2n) is 6.33. The molecular weight excluding hydrogens is 298 g/mol. The second-order valence-corrected chi connectivity index (χ2v) is 6.33. The standard InChI is InChI=1S/C16H21N3O4/c1-16(2)8-10-4-3-5-12(13(10)23-16)22-7-6-17-14(20)11-9-18-15(21)19-11/h3-5,11H,6-9H2,1-2H3,(H,17,20)(H2,18,19,21)/t11-/m0/s1. The number of hydrogen-bond acceptors (Lipinski definition) is 4. The largest absolute Gasteiger partial charge is 0.488 e. The van der Waals surface area contributed by atoms with E-state index in [9.17, 15) is 9.59 Å². The molecule has 1 aromatic rings. The van der Waals surface area contributed by atoms with Crippen molar-refractivity contribution in [3.63, 3.8) is 0 Å². The van der Waals surface area contributed by atoms with Crippen LogP contribution < -0.4 is 25.4 Å². The van der Waals surface area contributed by atoms with E-state index in [-0.39, 0.29) is 17.5 Å². The number of benzene rings is 1. The van der Waals surface area contributed by atoms with Crippen LogP contribution in [0.4, 0.5) is 4.79 Å². The Morgan fingerprint density at radius 3 is 3.04 bits per heavy atom. The third-order valence-electron chi connectivity index (χ3n) is 3.80. The molecule has 23 heavy (non-hydrogen) atoms. The Kier molecular flexibility index (Phi) is 4.02. The first-order valence-electron chi connectivity index (χ1n) is 7.70. The van der Waals surface area contributed by atoms with E-state index in [0.717, 1.165) is 17.7 Å². The van der Waals surface area contributed by atoms with Crippen LogP contribution in [-0.2, 0) is 11.2 Å². The molecule has 1 saturated heterocycles. The van der Waals surface area contributed by atoms with E-state index < -0.39 is 6.04 Å². The molecule has 0 bridgehead atoms. The molecule has 0 radical (unpaired) electrons. The predicted octanol–water partition coefficient (Wildman–Crippen LogP) is 0.577. The van der Waals surface area contributed by atoms with Crippen molar-refractivity contribution in [2.45, 2.75) is 31.9 Å². The quantitative estimate of drug-likeness (QED) is 0.693. The average Bonchev–Trinajstić information content (AvgIpc) is 3.05. The van der Waals surface area contributed by atoms with E-state index in [1.54, 1.807) is 0 Å². The topological polar surface area (TPSA) is 88.7 Å². The molecule has 1 atom stereocenters. The van der Waals surface area contributed by atoms with Gasteiger partial charge in [0.25, 0.3) is 0 Å². The molecule has 0 aliphatic carbocycles.